The van der Waals surface area contributed by atoms with Crippen LogP contribution in [0.5, 0.6) is 5.75 Å². The average molecular weight is 387 g/mol. The monoisotopic (exact) mass is 387 g/mol. The van der Waals surface area contributed by atoms with Gasteiger partial charge in [-0.25, -0.2) is 8.42 Å². The quantitative estimate of drug-likeness (QED) is 0.714. The van der Waals surface area contributed by atoms with Gasteiger partial charge in [0.15, 0.2) is 0 Å². The van der Waals surface area contributed by atoms with E-state index < -0.39 is 26.7 Å². The average Bonchev–Trinajstić information content (AvgIpc) is 3.43. The van der Waals surface area contributed by atoms with Gasteiger partial charge in [0.2, 0.25) is 0 Å². The Morgan fingerprint density at radius 3 is 2.42 bits per heavy atom. The van der Waals surface area contributed by atoms with Gasteiger partial charge in [-0.2, -0.15) is 13.2 Å². The first-order chi connectivity index (χ1) is 12.2. The molecular formula is C17H16F3NO4S. The minimum atomic E-state index is -4.85. The van der Waals surface area contributed by atoms with Gasteiger partial charge in [0.25, 0.3) is 10.0 Å². The van der Waals surface area contributed by atoms with Crippen molar-refractivity contribution in [2.45, 2.75) is 17.2 Å². The van der Waals surface area contributed by atoms with E-state index in [0.717, 1.165) is 10.4 Å². The van der Waals surface area contributed by atoms with Crippen molar-refractivity contribution < 1.29 is 31.1 Å². The number of sulfonamides is 1. The van der Waals surface area contributed by atoms with Crippen LogP contribution in [0.2, 0.25) is 0 Å². The molecule has 3 rings (SSSR count). The molecule has 1 aliphatic heterocycles. The van der Waals surface area contributed by atoms with Gasteiger partial charge in [-0.3, -0.25) is 4.31 Å². The summed E-state index contributed by atoms with van der Waals surface area (Å²) < 4.78 is 76.9. The highest BCUT2D eigenvalue weighted by atomic mass is 32.2. The van der Waals surface area contributed by atoms with Crippen LogP contribution in [0.25, 0.3) is 0 Å². The van der Waals surface area contributed by atoms with Gasteiger partial charge in [-0.1, -0.05) is 18.2 Å². The van der Waals surface area contributed by atoms with E-state index in [9.17, 15) is 21.6 Å². The minimum absolute atomic E-state index is 0.0610. The molecule has 26 heavy (non-hydrogen) atoms. The molecule has 1 saturated heterocycles. The number of anilines is 1. The summed E-state index contributed by atoms with van der Waals surface area (Å²) in [6.07, 6.45) is -4.98. The standard InChI is InChI=1S/C17H16F3NO4S/c1-21(12-5-3-2-4-6-12)26(22,23)16-8-7-13(24-10-14-11-25-14)9-15(16)17(18,19)20/h2-9,14H,10-11H2,1H3. The predicted octanol–water partition coefficient (Wildman–Crippen LogP) is 3.31. The maximum atomic E-state index is 13.5. The van der Waals surface area contributed by atoms with E-state index in [4.69, 9.17) is 9.47 Å². The largest absolute Gasteiger partial charge is 0.491 e. The Morgan fingerprint density at radius 2 is 1.85 bits per heavy atom. The number of nitrogens with zero attached hydrogens (tertiary/aromatic N) is 1. The van der Waals surface area contributed by atoms with Crippen molar-refractivity contribution in [3.8, 4) is 5.75 Å². The SMILES string of the molecule is CN(c1ccccc1)S(=O)(=O)c1ccc(OCC2CO2)cc1C(F)(F)F. The van der Waals surface area contributed by atoms with Crippen molar-refractivity contribution in [2.75, 3.05) is 24.6 Å². The Bertz CT molecular complexity index is 881. The molecule has 0 spiro atoms. The number of halogens is 3. The number of hydrogen-bond donors (Lipinski definition) is 0. The number of ether oxygens (including phenoxy) is 2. The van der Waals surface area contributed by atoms with Gasteiger partial charge in [0.05, 0.1) is 22.8 Å². The summed E-state index contributed by atoms with van der Waals surface area (Å²) in [5.41, 5.74) is -1.01. The van der Waals surface area contributed by atoms with E-state index in [2.05, 4.69) is 0 Å². The van der Waals surface area contributed by atoms with Crippen molar-refractivity contribution in [1.82, 2.24) is 0 Å². The van der Waals surface area contributed by atoms with Crippen LogP contribution in [-0.2, 0) is 20.9 Å². The molecule has 0 amide bonds. The van der Waals surface area contributed by atoms with Crippen LogP contribution < -0.4 is 9.04 Å². The molecule has 0 radical (unpaired) electrons. The van der Waals surface area contributed by atoms with Crippen molar-refractivity contribution in [2.24, 2.45) is 0 Å². The van der Waals surface area contributed by atoms with Crippen LogP contribution in [0.4, 0.5) is 18.9 Å². The predicted molar refractivity (Wildman–Crippen MR) is 88.7 cm³/mol. The summed E-state index contributed by atoms with van der Waals surface area (Å²) in [6.45, 7) is 0.619. The second kappa shape index (κ2) is 6.81. The summed E-state index contributed by atoms with van der Waals surface area (Å²) >= 11 is 0. The number of hydrogen-bond acceptors (Lipinski definition) is 4. The fourth-order valence-corrected chi connectivity index (χ4v) is 3.71. The lowest BCUT2D eigenvalue weighted by atomic mass is 10.2. The van der Waals surface area contributed by atoms with Crippen molar-refractivity contribution in [3.05, 3.63) is 54.1 Å². The molecule has 1 heterocycles. The minimum Gasteiger partial charge on any atom is -0.491 e. The molecule has 2 aromatic rings. The maximum Gasteiger partial charge on any atom is 0.417 e. The normalized spacial score (nSPS) is 17.0. The smallest absolute Gasteiger partial charge is 0.417 e. The van der Waals surface area contributed by atoms with Crippen LogP contribution in [0.1, 0.15) is 5.56 Å². The number of alkyl halides is 3. The molecule has 0 bridgehead atoms. The molecule has 5 nitrogen and oxygen atoms in total. The van der Waals surface area contributed by atoms with E-state index in [1.807, 2.05) is 0 Å². The van der Waals surface area contributed by atoms with Gasteiger partial charge in [-0.05, 0) is 30.3 Å². The third-order valence-electron chi connectivity index (χ3n) is 3.85. The number of epoxide rings is 1. The number of benzene rings is 2. The molecular weight excluding hydrogens is 371 g/mol. The lowest BCUT2D eigenvalue weighted by molar-refractivity contribution is -0.140. The summed E-state index contributed by atoms with van der Waals surface area (Å²) in [5, 5.41) is 0. The van der Waals surface area contributed by atoms with Crippen LogP contribution in [0.15, 0.2) is 53.4 Å². The molecule has 1 fully saturated rings. The fourth-order valence-electron chi connectivity index (χ4n) is 2.32. The molecule has 0 saturated carbocycles. The highest BCUT2D eigenvalue weighted by Gasteiger charge is 2.39. The van der Waals surface area contributed by atoms with E-state index in [-0.39, 0.29) is 24.1 Å². The third kappa shape index (κ3) is 3.94. The molecule has 0 aromatic heterocycles. The zero-order valence-corrected chi connectivity index (χ0v) is 14.5. The summed E-state index contributed by atoms with van der Waals surface area (Å²) in [7, 11) is -3.20. The molecule has 1 unspecified atom stereocenters. The second-order valence-corrected chi connectivity index (χ2v) is 7.67. The van der Waals surface area contributed by atoms with Gasteiger partial charge >= 0.3 is 6.18 Å². The lowest BCUT2D eigenvalue weighted by Crippen LogP contribution is -2.28. The molecule has 1 atom stereocenters. The molecule has 2 aromatic carbocycles. The summed E-state index contributed by atoms with van der Waals surface area (Å²) in [5.74, 6) is -0.0610. The van der Waals surface area contributed by atoms with Gasteiger partial charge in [0.1, 0.15) is 18.5 Å². The molecule has 0 N–H and O–H groups in total. The van der Waals surface area contributed by atoms with E-state index in [0.29, 0.717) is 12.7 Å². The topological polar surface area (TPSA) is 59.1 Å². The third-order valence-corrected chi connectivity index (χ3v) is 5.70. The Kier molecular flexibility index (Phi) is 4.85. The van der Waals surface area contributed by atoms with E-state index in [1.165, 1.54) is 25.2 Å². The molecule has 0 aliphatic carbocycles. The fraction of sp³-hybridized carbons (Fsp3) is 0.294. The van der Waals surface area contributed by atoms with Gasteiger partial charge < -0.3 is 9.47 Å². The first-order valence-corrected chi connectivity index (χ1v) is 9.13. The van der Waals surface area contributed by atoms with Crippen LogP contribution in [-0.4, -0.2) is 34.8 Å². The highest BCUT2D eigenvalue weighted by Crippen LogP contribution is 2.38. The van der Waals surface area contributed by atoms with Crippen molar-refractivity contribution >= 4 is 15.7 Å². The zero-order chi connectivity index (χ0) is 18.9. The van der Waals surface area contributed by atoms with Crippen molar-refractivity contribution in [1.29, 1.82) is 0 Å². The molecule has 1 aliphatic rings. The number of rotatable bonds is 6. The maximum absolute atomic E-state index is 13.5. The summed E-state index contributed by atoms with van der Waals surface area (Å²) in [6, 6.07) is 10.7. The Balaban J connectivity index is 1.99. The summed E-state index contributed by atoms with van der Waals surface area (Å²) in [4.78, 5) is -0.827. The molecule has 140 valence electrons. The molecule has 9 heteroatoms. The van der Waals surface area contributed by atoms with Crippen LogP contribution in [0, 0.1) is 0 Å². The second-order valence-electron chi connectivity index (χ2n) is 5.73. The first kappa shape index (κ1) is 18.5. The number of para-hydroxylation sites is 1. The van der Waals surface area contributed by atoms with E-state index >= 15 is 0 Å². The van der Waals surface area contributed by atoms with Crippen LogP contribution >= 0.6 is 0 Å². The first-order valence-electron chi connectivity index (χ1n) is 7.69. The van der Waals surface area contributed by atoms with Crippen molar-refractivity contribution in [3.63, 3.8) is 0 Å². The van der Waals surface area contributed by atoms with Gasteiger partial charge in [0, 0.05) is 7.05 Å². The Morgan fingerprint density at radius 1 is 1.19 bits per heavy atom. The zero-order valence-electron chi connectivity index (χ0n) is 13.7. The van der Waals surface area contributed by atoms with Crippen LogP contribution in [0.3, 0.4) is 0 Å². The van der Waals surface area contributed by atoms with Gasteiger partial charge in [-0.15, -0.1) is 0 Å². The highest BCUT2D eigenvalue weighted by molar-refractivity contribution is 7.92. The van der Waals surface area contributed by atoms with E-state index in [1.54, 1.807) is 18.2 Å². The Labute approximate surface area is 149 Å². The lowest BCUT2D eigenvalue weighted by Gasteiger charge is -2.22. The Hall–Kier alpha value is -2.26.